The Hall–Kier alpha value is -1.23. The third-order valence-electron chi connectivity index (χ3n) is 1.89. The van der Waals surface area contributed by atoms with Crippen LogP contribution >= 0.6 is 15.9 Å². The first kappa shape index (κ1) is 12.8. The molecule has 0 aromatic heterocycles. The van der Waals surface area contributed by atoms with E-state index in [4.69, 9.17) is 5.11 Å². The van der Waals surface area contributed by atoms with Crippen LogP contribution in [-0.4, -0.2) is 16.4 Å². The molecule has 0 spiro atoms. The zero-order valence-corrected chi connectivity index (χ0v) is 9.80. The van der Waals surface area contributed by atoms with Gasteiger partial charge < -0.3 is 5.11 Å². The van der Waals surface area contributed by atoms with E-state index in [9.17, 15) is 13.6 Å². The van der Waals surface area contributed by atoms with Gasteiger partial charge in [-0.3, -0.25) is 0 Å². The predicted molar refractivity (Wildman–Crippen MR) is 60.8 cm³/mol. The molecule has 2 nitrogen and oxygen atoms in total. The second-order valence-corrected chi connectivity index (χ2v) is 3.83. The molecule has 0 amide bonds. The van der Waals surface area contributed by atoms with Gasteiger partial charge in [-0.25, -0.2) is 13.6 Å². The maximum atomic E-state index is 13.3. The van der Waals surface area contributed by atoms with Crippen molar-refractivity contribution in [3.8, 4) is 0 Å². The lowest BCUT2D eigenvalue weighted by molar-refractivity contribution is 0.0691. The number of aromatic carboxylic acids is 1. The van der Waals surface area contributed by atoms with Crippen molar-refractivity contribution >= 4 is 28.0 Å². The van der Waals surface area contributed by atoms with E-state index < -0.39 is 23.2 Å². The molecule has 0 atom stereocenters. The van der Waals surface area contributed by atoms with Crippen molar-refractivity contribution in [2.24, 2.45) is 0 Å². The molecule has 0 radical (unpaired) electrons. The van der Waals surface area contributed by atoms with Crippen molar-refractivity contribution in [1.82, 2.24) is 0 Å². The lowest BCUT2D eigenvalue weighted by Gasteiger charge is -2.01. The van der Waals surface area contributed by atoms with Gasteiger partial charge in [0.25, 0.3) is 0 Å². The highest BCUT2D eigenvalue weighted by Gasteiger charge is 2.13. The molecule has 0 bridgehead atoms. The normalized spacial score (nSPS) is 10.9. The summed E-state index contributed by atoms with van der Waals surface area (Å²) in [6.07, 6.45) is 3.78. The van der Waals surface area contributed by atoms with Gasteiger partial charge >= 0.3 is 5.97 Å². The molecule has 86 valence electrons. The van der Waals surface area contributed by atoms with Crippen LogP contribution in [-0.2, 0) is 0 Å². The van der Waals surface area contributed by atoms with E-state index in [1.807, 2.05) is 0 Å². The minimum Gasteiger partial charge on any atom is -0.478 e. The summed E-state index contributed by atoms with van der Waals surface area (Å²) in [6.45, 7) is 0. The van der Waals surface area contributed by atoms with Crippen molar-refractivity contribution in [2.45, 2.75) is 6.42 Å². The van der Waals surface area contributed by atoms with Gasteiger partial charge in [-0.2, -0.15) is 0 Å². The van der Waals surface area contributed by atoms with Crippen LogP contribution in [0.5, 0.6) is 0 Å². The second-order valence-electron chi connectivity index (χ2n) is 3.04. The van der Waals surface area contributed by atoms with E-state index in [-0.39, 0.29) is 5.56 Å². The van der Waals surface area contributed by atoms with Gasteiger partial charge in [-0.05, 0) is 18.6 Å². The summed E-state index contributed by atoms with van der Waals surface area (Å²) < 4.78 is 26.5. The van der Waals surface area contributed by atoms with Crippen molar-refractivity contribution < 1.29 is 18.7 Å². The van der Waals surface area contributed by atoms with Crippen molar-refractivity contribution in [1.29, 1.82) is 0 Å². The number of rotatable bonds is 4. The van der Waals surface area contributed by atoms with E-state index in [2.05, 4.69) is 15.9 Å². The van der Waals surface area contributed by atoms with Crippen LogP contribution in [0.15, 0.2) is 18.2 Å². The molecule has 1 aromatic rings. The summed E-state index contributed by atoms with van der Waals surface area (Å²) in [5.74, 6) is -3.16. The van der Waals surface area contributed by atoms with Crippen LogP contribution in [0.3, 0.4) is 0 Å². The number of benzene rings is 1. The average molecular weight is 291 g/mol. The lowest BCUT2D eigenvalue weighted by Crippen LogP contribution is -2.02. The van der Waals surface area contributed by atoms with E-state index in [1.54, 1.807) is 6.08 Å². The highest BCUT2D eigenvalue weighted by atomic mass is 79.9. The molecule has 0 saturated carbocycles. The molecule has 5 heteroatoms. The minimum absolute atomic E-state index is 0.0449. The predicted octanol–water partition coefficient (Wildman–Crippen LogP) is 3.46. The summed E-state index contributed by atoms with van der Waals surface area (Å²) in [7, 11) is 0. The first-order valence-corrected chi connectivity index (χ1v) is 5.63. The van der Waals surface area contributed by atoms with Gasteiger partial charge in [0.05, 0.1) is 5.56 Å². The third-order valence-corrected chi connectivity index (χ3v) is 2.35. The number of hydrogen-bond acceptors (Lipinski definition) is 1. The van der Waals surface area contributed by atoms with E-state index in [1.165, 1.54) is 6.08 Å². The largest absolute Gasteiger partial charge is 0.478 e. The van der Waals surface area contributed by atoms with Gasteiger partial charge in [-0.1, -0.05) is 28.1 Å². The van der Waals surface area contributed by atoms with Crippen LogP contribution in [0.2, 0.25) is 0 Å². The molecule has 1 aromatic carbocycles. The second kappa shape index (κ2) is 5.75. The first-order chi connectivity index (χ1) is 7.56. The average Bonchev–Trinajstić information content (AvgIpc) is 2.22. The van der Waals surface area contributed by atoms with E-state index in [0.717, 1.165) is 11.4 Å². The third kappa shape index (κ3) is 3.13. The van der Waals surface area contributed by atoms with Crippen LogP contribution in [0.25, 0.3) is 6.08 Å². The number of alkyl halides is 1. The monoisotopic (exact) mass is 290 g/mol. The molecule has 1 N–H and O–H groups in total. The molecule has 0 fully saturated rings. The fraction of sp³-hybridized carbons (Fsp3) is 0.182. The van der Waals surface area contributed by atoms with E-state index >= 15 is 0 Å². The number of carboxylic acid groups (broad SMARTS) is 1. The van der Waals surface area contributed by atoms with Crippen molar-refractivity contribution in [2.75, 3.05) is 5.33 Å². The fourth-order valence-corrected chi connectivity index (χ4v) is 1.39. The maximum absolute atomic E-state index is 13.3. The number of allylic oxidation sites excluding steroid dienone is 1. The smallest absolute Gasteiger partial charge is 0.338 e. The molecular formula is C11H9BrF2O2. The quantitative estimate of drug-likeness (QED) is 0.863. The maximum Gasteiger partial charge on any atom is 0.338 e. The van der Waals surface area contributed by atoms with Gasteiger partial charge in [0.1, 0.15) is 11.6 Å². The Morgan fingerprint density at radius 2 is 2.06 bits per heavy atom. The Morgan fingerprint density at radius 1 is 1.38 bits per heavy atom. The highest BCUT2D eigenvalue weighted by molar-refractivity contribution is 9.09. The van der Waals surface area contributed by atoms with Crippen molar-refractivity contribution in [3.05, 3.63) is 41.0 Å². The summed E-state index contributed by atoms with van der Waals surface area (Å²) >= 11 is 3.19. The molecule has 16 heavy (non-hydrogen) atoms. The molecular weight excluding hydrogens is 282 g/mol. The fourth-order valence-electron chi connectivity index (χ4n) is 1.13. The molecule has 0 aliphatic heterocycles. The lowest BCUT2D eigenvalue weighted by atomic mass is 10.1. The van der Waals surface area contributed by atoms with Gasteiger partial charge in [0, 0.05) is 10.9 Å². The Labute approximate surface area is 99.7 Å². The zero-order chi connectivity index (χ0) is 12.1. The molecule has 0 aliphatic rings. The van der Waals surface area contributed by atoms with Crippen LogP contribution in [0.1, 0.15) is 22.3 Å². The summed E-state index contributed by atoms with van der Waals surface area (Å²) in [5.41, 5.74) is -0.612. The highest BCUT2D eigenvalue weighted by Crippen LogP contribution is 2.16. The summed E-state index contributed by atoms with van der Waals surface area (Å²) in [5, 5.41) is 9.29. The molecule has 0 heterocycles. The van der Waals surface area contributed by atoms with Gasteiger partial charge in [-0.15, -0.1) is 0 Å². The van der Waals surface area contributed by atoms with E-state index in [0.29, 0.717) is 12.5 Å². The Kier molecular flexibility index (Phi) is 4.61. The molecule has 1 rings (SSSR count). The van der Waals surface area contributed by atoms with Gasteiger partial charge in [0.15, 0.2) is 0 Å². The molecule has 0 saturated heterocycles. The summed E-state index contributed by atoms with van der Waals surface area (Å²) in [4.78, 5) is 10.5. The Bertz CT molecular complexity index is 430. The van der Waals surface area contributed by atoms with Crippen LogP contribution in [0.4, 0.5) is 8.78 Å². The zero-order valence-electron chi connectivity index (χ0n) is 8.21. The Morgan fingerprint density at radius 3 is 2.62 bits per heavy atom. The van der Waals surface area contributed by atoms with Crippen LogP contribution < -0.4 is 0 Å². The summed E-state index contributed by atoms with van der Waals surface area (Å²) in [6, 6.07) is 1.56. The minimum atomic E-state index is -1.48. The molecule has 0 unspecified atom stereocenters. The molecule has 0 aliphatic carbocycles. The topological polar surface area (TPSA) is 37.3 Å². The number of carbonyl (C=O) groups is 1. The van der Waals surface area contributed by atoms with Crippen molar-refractivity contribution in [3.63, 3.8) is 0 Å². The number of halogens is 3. The Balaban J connectivity index is 3.05. The first-order valence-electron chi connectivity index (χ1n) is 4.51. The van der Waals surface area contributed by atoms with Crippen LogP contribution in [0, 0.1) is 11.6 Å². The number of carboxylic acids is 1. The number of hydrogen-bond donors (Lipinski definition) is 1. The standard InChI is InChI=1S/C11H9BrF2O2/c12-4-2-1-3-7-5-10(14)8(11(15)16)6-9(7)13/h1,3,5-6H,2,4H2,(H,15,16). The van der Waals surface area contributed by atoms with Gasteiger partial charge in [0.2, 0.25) is 0 Å². The SMILES string of the molecule is O=C(O)c1cc(F)c(C=CCCBr)cc1F.